The second-order valence-electron chi connectivity index (χ2n) is 8.28. The Labute approximate surface area is 214 Å². The molecular weight excluding hydrogens is 476 g/mol. The number of benzene rings is 3. The number of ether oxygens (including phenoxy) is 4. The summed E-state index contributed by atoms with van der Waals surface area (Å²) < 4.78 is 21.4. The lowest BCUT2D eigenvalue weighted by Crippen LogP contribution is -2.32. The van der Waals surface area contributed by atoms with E-state index in [1.165, 1.54) is 14.2 Å². The van der Waals surface area contributed by atoms with Crippen LogP contribution in [-0.2, 0) is 25.7 Å². The van der Waals surface area contributed by atoms with Gasteiger partial charge in [-0.3, -0.25) is 9.59 Å². The largest absolute Gasteiger partial charge is 0.496 e. The highest BCUT2D eigenvalue weighted by atomic mass is 16.6. The van der Waals surface area contributed by atoms with E-state index in [-0.39, 0.29) is 38.2 Å². The summed E-state index contributed by atoms with van der Waals surface area (Å²) in [6.07, 6.45) is -0.700. The molecule has 0 saturated carbocycles. The number of carbonyl (C=O) groups is 3. The van der Waals surface area contributed by atoms with Gasteiger partial charge in [0.15, 0.2) is 6.61 Å². The first-order valence-corrected chi connectivity index (χ1v) is 11.7. The Hall–Kier alpha value is -4.53. The number of fused-ring (bicyclic) bond motifs is 3. The van der Waals surface area contributed by atoms with E-state index in [1.54, 1.807) is 18.2 Å². The second kappa shape index (κ2) is 11.9. The highest BCUT2D eigenvalue weighted by Gasteiger charge is 2.29. The van der Waals surface area contributed by atoms with Crippen molar-refractivity contribution in [2.45, 2.75) is 12.5 Å². The molecule has 0 radical (unpaired) electrons. The molecular formula is C28H28N2O7. The molecule has 0 saturated heterocycles. The van der Waals surface area contributed by atoms with Crippen molar-refractivity contribution in [1.29, 1.82) is 0 Å². The smallest absolute Gasteiger partial charge is 0.407 e. The SMILES string of the molecule is CNC(=O)COc1ccc(COC(=O)CNC(=O)OCC2c3ccccc3-c3ccccc32)c(OC)c1. The van der Waals surface area contributed by atoms with Gasteiger partial charge in [-0.25, -0.2) is 4.79 Å². The van der Waals surface area contributed by atoms with Crippen LogP contribution in [0, 0.1) is 0 Å². The lowest BCUT2D eigenvalue weighted by Gasteiger charge is -2.15. The number of carbonyl (C=O) groups excluding carboxylic acids is 3. The van der Waals surface area contributed by atoms with Crippen LogP contribution in [0.2, 0.25) is 0 Å². The quantitative estimate of drug-likeness (QED) is 0.407. The van der Waals surface area contributed by atoms with Gasteiger partial charge in [-0.1, -0.05) is 48.5 Å². The zero-order chi connectivity index (χ0) is 26.2. The van der Waals surface area contributed by atoms with E-state index >= 15 is 0 Å². The summed E-state index contributed by atoms with van der Waals surface area (Å²) in [7, 11) is 2.99. The molecule has 9 heteroatoms. The fourth-order valence-electron chi connectivity index (χ4n) is 4.16. The van der Waals surface area contributed by atoms with Gasteiger partial charge in [0.05, 0.1) is 7.11 Å². The molecule has 0 bridgehead atoms. The Morgan fingerprint density at radius 1 is 0.892 bits per heavy atom. The van der Waals surface area contributed by atoms with Crippen molar-refractivity contribution in [1.82, 2.24) is 10.6 Å². The molecule has 0 spiro atoms. The fourth-order valence-corrected chi connectivity index (χ4v) is 4.16. The monoisotopic (exact) mass is 504 g/mol. The summed E-state index contributed by atoms with van der Waals surface area (Å²) in [5, 5.41) is 4.90. The van der Waals surface area contributed by atoms with Crippen molar-refractivity contribution in [2.24, 2.45) is 0 Å². The predicted octanol–water partition coefficient (Wildman–Crippen LogP) is 3.40. The maximum Gasteiger partial charge on any atom is 0.407 e. The van der Waals surface area contributed by atoms with Crippen LogP contribution in [0.15, 0.2) is 66.7 Å². The van der Waals surface area contributed by atoms with E-state index in [0.29, 0.717) is 17.1 Å². The normalized spacial score (nSPS) is 11.6. The van der Waals surface area contributed by atoms with Gasteiger partial charge in [0.1, 0.15) is 31.3 Å². The van der Waals surface area contributed by atoms with Crippen molar-refractivity contribution in [3.8, 4) is 22.6 Å². The van der Waals surface area contributed by atoms with Crippen LogP contribution in [0.4, 0.5) is 4.79 Å². The lowest BCUT2D eigenvalue weighted by molar-refractivity contribution is -0.143. The third-order valence-corrected chi connectivity index (χ3v) is 6.02. The number of likely N-dealkylation sites (N-methyl/N-ethyl adjacent to an activating group) is 1. The van der Waals surface area contributed by atoms with E-state index in [9.17, 15) is 14.4 Å². The van der Waals surface area contributed by atoms with Crippen LogP contribution >= 0.6 is 0 Å². The Morgan fingerprint density at radius 2 is 1.57 bits per heavy atom. The molecule has 2 amide bonds. The van der Waals surface area contributed by atoms with E-state index in [0.717, 1.165) is 22.3 Å². The average Bonchev–Trinajstić information content (AvgIpc) is 3.26. The topological polar surface area (TPSA) is 112 Å². The molecule has 0 aromatic heterocycles. The summed E-state index contributed by atoms with van der Waals surface area (Å²) in [6, 6.07) is 21.0. The molecule has 0 fully saturated rings. The van der Waals surface area contributed by atoms with Gasteiger partial charge in [0.2, 0.25) is 0 Å². The second-order valence-corrected chi connectivity index (χ2v) is 8.28. The van der Waals surface area contributed by atoms with Crippen LogP contribution in [0.1, 0.15) is 22.6 Å². The number of esters is 1. The first kappa shape index (κ1) is 25.6. The summed E-state index contributed by atoms with van der Waals surface area (Å²) in [5.41, 5.74) is 5.09. The third kappa shape index (κ3) is 6.19. The Balaban J connectivity index is 1.24. The first-order valence-electron chi connectivity index (χ1n) is 11.7. The maximum atomic E-state index is 12.3. The van der Waals surface area contributed by atoms with Crippen molar-refractivity contribution in [3.63, 3.8) is 0 Å². The summed E-state index contributed by atoms with van der Waals surface area (Å²) in [4.78, 5) is 35.8. The number of amides is 2. The van der Waals surface area contributed by atoms with E-state index in [2.05, 4.69) is 22.8 Å². The number of hydrogen-bond acceptors (Lipinski definition) is 7. The van der Waals surface area contributed by atoms with Crippen molar-refractivity contribution in [2.75, 3.05) is 33.9 Å². The fraction of sp³-hybridized carbons (Fsp3) is 0.250. The van der Waals surface area contributed by atoms with Crippen LogP contribution < -0.4 is 20.1 Å². The van der Waals surface area contributed by atoms with Gasteiger partial charge in [-0.15, -0.1) is 0 Å². The molecule has 0 heterocycles. The molecule has 0 unspecified atom stereocenters. The van der Waals surface area contributed by atoms with Crippen LogP contribution in [-0.4, -0.2) is 51.9 Å². The van der Waals surface area contributed by atoms with Crippen LogP contribution in [0.3, 0.4) is 0 Å². The number of methoxy groups -OCH3 is 1. The van der Waals surface area contributed by atoms with E-state index in [1.807, 2.05) is 36.4 Å². The number of nitrogens with one attached hydrogen (secondary N) is 2. The molecule has 9 nitrogen and oxygen atoms in total. The summed E-state index contributed by atoms with van der Waals surface area (Å²) >= 11 is 0. The van der Waals surface area contributed by atoms with Gasteiger partial charge < -0.3 is 29.6 Å². The summed E-state index contributed by atoms with van der Waals surface area (Å²) in [6.45, 7) is -0.383. The van der Waals surface area contributed by atoms with Crippen LogP contribution in [0.5, 0.6) is 11.5 Å². The molecule has 37 heavy (non-hydrogen) atoms. The molecule has 2 N–H and O–H groups in total. The Bertz CT molecular complexity index is 1250. The first-order chi connectivity index (χ1) is 18.0. The lowest BCUT2D eigenvalue weighted by atomic mass is 9.98. The number of rotatable bonds is 10. The van der Waals surface area contributed by atoms with Gasteiger partial charge in [0.25, 0.3) is 5.91 Å². The molecule has 3 aromatic rings. The van der Waals surface area contributed by atoms with E-state index in [4.69, 9.17) is 18.9 Å². The van der Waals surface area contributed by atoms with Gasteiger partial charge in [0, 0.05) is 24.6 Å². The van der Waals surface area contributed by atoms with Gasteiger partial charge in [-0.05, 0) is 34.4 Å². The van der Waals surface area contributed by atoms with E-state index < -0.39 is 12.1 Å². The molecule has 1 aliphatic carbocycles. The molecule has 3 aromatic carbocycles. The minimum Gasteiger partial charge on any atom is -0.496 e. The number of hydrogen-bond donors (Lipinski definition) is 2. The molecule has 0 aliphatic heterocycles. The minimum atomic E-state index is -0.700. The molecule has 1 aliphatic rings. The Morgan fingerprint density at radius 3 is 2.22 bits per heavy atom. The standard InChI is InChI=1S/C28H28N2O7/c1-29-26(31)17-35-19-12-11-18(25(13-19)34-2)15-36-27(32)14-30-28(33)37-16-24-22-9-5-3-7-20(22)21-8-4-6-10-23(21)24/h3-13,24H,14-17H2,1-2H3,(H,29,31)(H,30,33). The van der Waals surface area contributed by atoms with Crippen molar-refractivity contribution < 1.29 is 33.3 Å². The highest BCUT2D eigenvalue weighted by Crippen LogP contribution is 2.44. The van der Waals surface area contributed by atoms with Crippen molar-refractivity contribution >= 4 is 18.0 Å². The highest BCUT2D eigenvalue weighted by molar-refractivity contribution is 5.80. The molecule has 192 valence electrons. The zero-order valence-corrected chi connectivity index (χ0v) is 20.6. The average molecular weight is 505 g/mol. The summed E-state index contributed by atoms with van der Waals surface area (Å²) in [5.74, 6) is -0.0867. The van der Waals surface area contributed by atoms with Crippen LogP contribution in [0.25, 0.3) is 11.1 Å². The predicted molar refractivity (Wildman–Crippen MR) is 135 cm³/mol. The van der Waals surface area contributed by atoms with Gasteiger partial charge >= 0.3 is 12.1 Å². The van der Waals surface area contributed by atoms with Crippen molar-refractivity contribution in [3.05, 3.63) is 83.4 Å². The maximum absolute atomic E-state index is 12.3. The molecule has 0 atom stereocenters. The number of alkyl carbamates (subject to hydrolysis) is 1. The third-order valence-electron chi connectivity index (χ3n) is 6.02. The van der Waals surface area contributed by atoms with Gasteiger partial charge in [-0.2, -0.15) is 0 Å². The molecule has 4 rings (SSSR count). The minimum absolute atomic E-state index is 0.0654. The Kier molecular flexibility index (Phi) is 8.25. The zero-order valence-electron chi connectivity index (χ0n) is 20.6.